The highest BCUT2D eigenvalue weighted by atomic mass is 16.4. The molecule has 2 rings (SSSR count). The largest absolute Gasteiger partial charge is 0.480 e. The smallest absolute Gasteiger partial charge is 0.323 e. The molecule has 1 N–H and O–H groups in total. The van der Waals surface area contributed by atoms with Gasteiger partial charge in [-0.3, -0.25) is 4.79 Å². The first-order valence-corrected chi connectivity index (χ1v) is 6.15. The van der Waals surface area contributed by atoms with Crippen LogP contribution in [0.2, 0.25) is 0 Å². The van der Waals surface area contributed by atoms with E-state index in [0.29, 0.717) is 0 Å². The van der Waals surface area contributed by atoms with Gasteiger partial charge in [0.15, 0.2) is 0 Å². The van der Waals surface area contributed by atoms with E-state index in [1.54, 1.807) is 12.5 Å². The highest BCUT2D eigenvalue weighted by Gasteiger charge is 2.19. The molecule has 2 aromatic rings. The van der Waals surface area contributed by atoms with E-state index < -0.39 is 5.97 Å². The van der Waals surface area contributed by atoms with Gasteiger partial charge in [-0.2, -0.15) is 0 Å². The van der Waals surface area contributed by atoms with Crippen LogP contribution in [0.25, 0.3) is 0 Å². The number of nitrogens with zero attached hydrogens (tertiary/aromatic N) is 1. The van der Waals surface area contributed by atoms with Crippen molar-refractivity contribution in [2.75, 3.05) is 11.4 Å². The van der Waals surface area contributed by atoms with Crippen LogP contribution >= 0.6 is 0 Å². The van der Waals surface area contributed by atoms with E-state index in [9.17, 15) is 4.79 Å². The normalized spacial score (nSPS) is 12.1. The van der Waals surface area contributed by atoms with Crippen LogP contribution in [0.4, 0.5) is 5.69 Å². The Labute approximate surface area is 112 Å². The number of hydrogen-bond acceptors (Lipinski definition) is 3. The van der Waals surface area contributed by atoms with Crippen molar-refractivity contribution in [3.8, 4) is 0 Å². The molecule has 1 atom stereocenters. The Balaban J connectivity index is 2.30. The Morgan fingerprint density at radius 1 is 1.32 bits per heavy atom. The summed E-state index contributed by atoms with van der Waals surface area (Å²) in [7, 11) is 0. The lowest BCUT2D eigenvalue weighted by Gasteiger charge is -2.29. The van der Waals surface area contributed by atoms with Crippen LogP contribution in [-0.4, -0.2) is 17.6 Å². The van der Waals surface area contributed by atoms with E-state index in [1.807, 2.05) is 49.1 Å². The number of carbonyl (C=O) groups is 1. The molecule has 0 amide bonds. The number of rotatable bonds is 5. The molecule has 0 aliphatic carbocycles. The van der Waals surface area contributed by atoms with Gasteiger partial charge in [0, 0.05) is 11.3 Å². The van der Waals surface area contributed by atoms with Gasteiger partial charge >= 0.3 is 5.97 Å². The summed E-state index contributed by atoms with van der Waals surface area (Å²) in [6.45, 7) is 3.92. The summed E-state index contributed by atoms with van der Waals surface area (Å²) in [4.78, 5) is 12.9. The maximum Gasteiger partial charge on any atom is 0.323 e. The fourth-order valence-corrected chi connectivity index (χ4v) is 2.03. The summed E-state index contributed by atoms with van der Waals surface area (Å²) in [5, 5.41) is 9.08. The molecule has 4 heteroatoms. The van der Waals surface area contributed by atoms with Crippen molar-refractivity contribution in [3.05, 3.63) is 54.0 Å². The van der Waals surface area contributed by atoms with E-state index in [2.05, 4.69) is 0 Å². The zero-order valence-electron chi connectivity index (χ0n) is 11.0. The number of hydrogen-bond donors (Lipinski definition) is 1. The molecule has 0 aliphatic heterocycles. The van der Waals surface area contributed by atoms with E-state index >= 15 is 0 Å². The Morgan fingerprint density at radius 2 is 2.00 bits per heavy atom. The van der Waals surface area contributed by atoms with Gasteiger partial charge < -0.3 is 14.4 Å². The number of benzene rings is 1. The van der Waals surface area contributed by atoms with Gasteiger partial charge in [0.25, 0.3) is 0 Å². The number of aryl methyl sites for hydroxylation is 1. The SMILES string of the molecule is Cc1ccc(N(CC(=O)O)C(C)c2ccoc2)cc1. The molecule has 1 heterocycles. The molecule has 0 spiro atoms. The van der Waals surface area contributed by atoms with Gasteiger partial charge in [-0.05, 0) is 32.0 Å². The van der Waals surface area contributed by atoms with Crippen LogP contribution in [0.1, 0.15) is 24.1 Å². The first-order chi connectivity index (χ1) is 9.08. The zero-order valence-corrected chi connectivity index (χ0v) is 11.0. The highest BCUT2D eigenvalue weighted by molar-refractivity contribution is 5.74. The number of furan rings is 1. The Hall–Kier alpha value is -2.23. The van der Waals surface area contributed by atoms with Crippen LogP contribution < -0.4 is 4.90 Å². The van der Waals surface area contributed by atoms with E-state index in [0.717, 1.165) is 16.8 Å². The van der Waals surface area contributed by atoms with Crippen LogP contribution in [0.5, 0.6) is 0 Å². The molecule has 1 aromatic carbocycles. The van der Waals surface area contributed by atoms with E-state index in [1.165, 1.54) is 0 Å². The van der Waals surface area contributed by atoms with Crippen LogP contribution in [0.3, 0.4) is 0 Å². The summed E-state index contributed by atoms with van der Waals surface area (Å²) >= 11 is 0. The molecule has 0 aliphatic rings. The lowest BCUT2D eigenvalue weighted by Crippen LogP contribution is -2.32. The van der Waals surface area contributed by atoms with Gasteiger partial charge in [-0.15, -0.1) is 0 Å². The molecule has 1 aromatic heterocycles. The predicted octanol–water partition coefficient (Wildman–Crippen LogP) is 3.24. The van der Waals surface area contributed by atoms with Crippen molar-refractivity contribution in [1.29, 1.82) is 0 Å². The molecule has 0 saturated heterocycles. The van der Waals surface area contributed by atoms with Gasteiger partial charge in [0.05, 0.1) is 18.6 Å². The predicted molar refractivity (Wildman–Crippen MR) is 73.3 cm³/mol. The average molecular weight is 259 g/mol. The summed E-state index contributed by atoms with van der Waals surface area (Å²) in [6, 6.07) is 9.63. The summed E-state index contributed by atoms with van der Waals surface area (Å²) < 4.78 is 5.07. The highest BCUT2D eigenvalue weighted by Crippen LogP contribution is 2.27. The minimum Gasteiger partial charge on any atom is -0.480 e. The second-order valence-corrected chi connectivity index (χ2v) is 4.59. The molecule has 100 valence electrons. The number of carboxylic acid groups (broad SMARTS) is 1. The molecular weight excluding hydrogens is 242 g/mol. The molecule has 0 radical (unpaired) electrons. The number of aliphatic carboxylic acids is 1. The van der Waals surface area contributed by atoms with Crippen LogP contribution in [0.15, 0.2) is 47.3 Å². The Bertz CT molecular complexity index is 531. The quantitative estimate of drug-likeness (QED) is 0.895. The third-order valence-corrected chi connectivity index (χ3v) is 3.16. The fourth-order valence-electron chi connectivity index (χ4n) is 2.03. The molecule has 0 fully saturated rings. The minimum absolute atomic E-state index is 0.0462. The van der Waals surface area contributed by atoms with Crippen molar-refractivity contribution in [3.63, 3.8) is 0 Å². The number of anilines is 1. The van der Waals surface area contributed by atoms with Crippen molar-refractivity contribution >= 4 is 11.7 Å². The zero-order chi connectivity index (χ0) is 13.8. The van der Waals surface area contributed by atoms with Crippen LogP contribution in [0, 0.1) is 6.92 Å². The first-order valence-electron chi connectivity index (χ1n) is 6.15. The average Bonchev–Trinajstić information content (AvgIpc) is 2.90. The van der Waals surface area contributed by atoms with Gasteiger partial charge in [-0.25, -0.2) is 0 Å². The monoisotopic (exact) mass is 259 g/mol. The molecular formula is C15H17NO3. The molecule has 1 unspecified atom stereocenters. The lowest BCUT2D eigenvalue weighted by molar-refractivity contribution is -0.135. The molecule has 4 nitrogen and oxygen atoms in total. The Morgan fingerprint density at radius 3 is 2.53 bits per heavy atom. The van der Waals surface area contributed by atoms with E-state index in [4.69, 9.17) is 9.52 Å². The van der Waals surface area contributed by atoms with Crippen molar-refractivity contribution in [2.45, 2.75) is 19.9 Å². The first kappa shape index (κ1) is 13.2. The third kappa shape index (κ3) is 3.16. The molecule has 0 saturated carbocycles. The minimum atomic E-state index is -0.851. The fraction of sp³-hybridized carbons (Fsp3) is 0.267. The maximum absolute atomic E-state index is 11.1. The summed E-state index contributed by atoms with van der Waals surface area (Å²) in [5.41, 5.74) is 3.00. The second-order valence-electron chi connectivity index (χ2n) is 4.59. The molecule has 0 bridgehead atoms. The topological polar surface area (TPSA) is 53.7 Å². The second kappa shape index (κ2) is 5.61. The maximum atomic E-state index is 11.1. The van der Waals surface area contributed by atoms with Crippen molar-refractivity contribution < 1.29 is 14.3 Å². The molecule has 19 heavy (non-hydrogen) atoms. The third-order valence-electron chi connectivity index (χ3n) is 3.16. The van der Waals surface area contributed by atoms with Crippen molar-refractivity contribution in [2.24, 2.45) is 0 Å². The van der Waals surface area contributed by atoms with Gasteiger partial charge in [0.2, 0.25) is 0 Å². The number of carboxylic acids is 1. The summed E-state index contributed by atoms with van der Waals surface area (Å²) in [6.07, 6.45) is 3.24. The van der Waals surface area contributed by atoms with E-state index in [-0.39, 0.29) is 12.6 Å². The lowest BCUT2D eigenvalue weighted by atomic mass is 10.1. The summed E-state index contributed by atoms with van der Waals surface area (Å²) in [5.74, 6) is -0.851. The van der Waals surface area contributed by atoms with Gasteiger partial charge in [-0.1, -0.05) is 17.7 Å². The van der Waals surface area contributed by atoms with Gasteiger partial charge in [0.1, 0.15) is 6.54 Å². The Kier molecular flexibility index (Phi) is 3.90. The standard InChI is InChI=1S/C15H17NO3/c1-11-3-5-14(6-4-11)16(9-15(17)18)12(2)13-7-8-19-10-13/h3-8,10,12H,9H2,1-2H3,(H,17,18). The van der Waals surface area contributed by atoms with Crippen LogP contribution in [-0.2, 0) is 4.79 Å². The van der Waals surface area contributed by atoms with Crippen molar-refractivity contribution in [1.82, 2.24) is 0 Å².